The number of fused-ring (bicyclic) bond motifs is 1. The van der Waals surface area contributed by atoms with Crippen molar-refractivity contribution >= 4 is 17.3 Å². The summed E-state index contributed by atoms with van der Waals surface area (Å²) in [5.74, 6) is -0.828. The SMILES string of the molecule is Cc1cc(N)cc(C(=O)N2c3ccccc3CC2C)c1F. The van der Waals surface area contributed by atoms with Crippen LogP contribution >= 0.6 is 0 Å². The van der Waals surface area contributed by atoms with E-state index in [0.717, 1.165) is 17.7 Å². The highest BCUT2D eigenvalue weighted by molar-refractivity contribution is 6.08. The summed E-state index contributed by atoms with van der Waals surface area (Å²) in [4.78, 5) is 14.4. The molecule has 0 saturated heterocycles. The molecule has 1 aliphatic rings. The fourth-order valence-electron chi connectivity index (χ4n) is 2.96. The fraction of sp³-hybridized carbons (Fsp3) is 0.235. The Balaban J connectivity index is 2.08. The monoisotopic (exact) mass is 284 g/mol. The minimum atomic E-state index is -0.495. The van der Waals surface area contributed by atoms with Crippen molar-refractivity contribution in [1.29, 1.82) is 0 Å². The zero-order chi connectivity index (χ0) is 15.1. The molecular formula is C17H17FN2O. The Labute approximate surface area is 123 Å². The molecule has 3 nitrogen and oxygen atoms in total. The predicted molar refractivity (Wildman–Crippen MR) is 82.0 cm³/mol. The van der Waals surface area contributed by atoms with Gasteiger partial charge in [0.25, 0.3) is 5.91 Å². The maximum absolute atomic E-state index is 14.3. The summed E-state index contributed by atoms with van der Waals surface area (Å²) in [7, 11) is 0. The minimum absolute atomic E-state index is 0.0102. The Morgan fingerprint density at radius 1 is 1.33 bits per heavy atom. The molecular weight excluding hydrogens is 267 g/mol. The summed E-state index contributed by atoms with van der Waals surface area (Å²) in [5.41, 5.74) is 8.55. The van der Waals surface area contributed by atoms with E-state index in [1.54, 1.807) is 11.8 Å². The Bertz CT molecular complexity index is 727. The molecule has 0 radical (unpaired) electrons. The van der Waals surface area contributed by atoms with Crippen LogP contribution in [0.2, 0.25) is 0 Å². The van der Waals surface area contributed by atoms with Crippen LogP contribution in [-0.4, -0.2) is 11.9 Å². The standard InChI is InChI=1S/C17H17FN2O/c1-10-7-13(19)9-14(16(10)18)17(21)20-11(2)8-12-5-3-4-6-15(12)20/h3-7,9,11H,8,19H2,1-2H3. The number of rotatable bonds is 1. The van der Waals surface area contributed by atoms with Crippen molar-refractivity contribution in [2.75, 3.05) is 10.6 Å². The lowest BCUT2D eigenvalue weighted by molar-refractivity contribution is 0.0977. The molecule has 0 saturated carbocycles. The van der Waals surface area contributed by atoms with Gasteiger partial charge in [-0.15, -0.1) is 0 Å². The third-order valence-electron chi connectivity index (χ3n) is 3.93. The first-order chi connectivity index (χ1) is 9.99. The number of benzene rings is 2. The third kappa shape index (κ3) is 2.17. The van der Waals surface area contributed by atoms with Crippen molar-refractivity contribution in [3.63, 3.8) is 0 Å². The highest BCUT2D eigenvalue weighted by Gasteiger charge is 2.32. The van der Waals surface area contributed by atoms with Crippen molar-refractivity contribution in [3.05, 3.63) is 58.9 Å². The van der Waals surface area contributed by atoms with Crippen LogP contribution in [0.25, 0.3) is 0 Å². The van der Waals surface area contributed by atoms with Crippen LogP contribution in [0.5, 0.6) is 0 Å². The maximum atomic E-state index is 14.3. The van der Waals surface area contributed by atoms with E-state index in [1.807, 2.05) is 31.2 Å². The molecule has 0 aromatic heterocycles. The number of hydrogen-bond donors (Lipinski definition) is 1. The van der Waals surface area contributed by atoms with Gasteiger partial charge in [-0.2, -0.15) is 0 Å². The normalized spacial score (nSPS) is 16.9. The molecule has 108 valence electrons. The number of aryl methyl sites for hydroxylation is 1. The molecule has 1 aliphatic heterocycles. The van der Waals surface area contributed by atoms with Crippen LogP contribution in [0.1, 0.15) is 28.4 Å². The molecule has 21 heavy (non-hydrogen) atoms. The number of nitrogens with two attached hydrogens (primary N) is 1. The summed E-state index contributed by atoms with van der Waals surface area (Å²) in [6.45, 7) is 3.58. The van der Waals surface area contributed by atoms with Gasteiger partial charge in [0.2, 0.25) is 0 Å². The Morgan fingerprint density at radius 3 is 2.81 bits per heavy atom. The first-order valence-electron chi connectivity index (χ1n) is 6.96. The van der Waals surface area contributed by atoms with Crippen LogP contribution in [-0.2, 0) is 6.42 Å². The minimum Gasteiger partial charge on any atom is -0.399 e. The van der Waals surface area contributed by atoms with Gasteiger partial charge < -0.3 is 10.6 Å². The average Bonchev–Trinajstić information content (AvgIpc) is 2.78. The molecule has 2 aromatic carbocycles. The Morgan fingerprint density at radius 2 is 2.05 bits per heavy atom. The van der Waals surface area contributed by atoms with E-state index in [9.17, 15) is 9.18 Å². The summed E-state index contributed by atoms with van der Waals surface area (Å²) >= 11 is 0. The molecule has 2 aromatic rings. The van der Waals surface area contributed by atoms with Crippen LogP contribution < -0.4 is 10.6 Å². The lowest BCUT2D eigenvalue weighted by Crippen LogP contribution is -2.36. The van der Waals surface area contributed by atoms with Crippen LogP contribution in [0.4, 0.5) is 15.8 Å². The summed E-state index contributed by atoms with van der Waals surface area (Å²) in [6, 6.07) is 10.7. The van der Waals surface area contributed by atoms with E-state index in [0.29, 0.717) is 11.3 Å². The molecule has 0 fully saturated rings. The number of amides is 1. The average molecular weight is 284 g/mol. The van der Waals surface area contributed by atoms with Gasteiger partial charge in [-0.25, -0.2) is 4.39 Å². The second kappa shape index (κ2) is 4.88. The molecule has 1 atom stereocenters. The highest BCUT2D eigenvalue weighted by atomic mass is 19.1. The number of carbonyl (C=O) groups excluding carboxylic acids is 1. The molecule has 2 N–H and O–H groups in total. The summed E-state index contributed by atoms with van der Waals surface area (Å²) in [6.07, 6.45) is 0.783. The number of carbonyl (C=O) groups is 1. The molecule has 0 bridgehead atoms. The van der Waals surface area contributed by atoms with E-state index >= 15 is 0 Å². The van der Waals surface area contributed by atoms with Crippen LogP contribution in [0.3, 0.4) is 0 Å². The van der Waals surface area contributed by atoms with Gasteiger partial charge in [0, 0.05) is 17.4 Å². The molecule has 0 aliphatic carbocycles. The Kier molecular flexibility index (Phi) is 3.16. The van der Waals surface area contributed by atoms with Crippen molar-refractivity contribution in [3.8, 4) is 0 Å². The third-order valence-corrected chi connectivity index (χ3v) is 3.93. The molecule has 3 rings (SSSR count). The summed E-state index contributed by atoms with van der Waals surface area (Å²) < 4.78 is 14.3. The second-order valence-electron chi connectivity index (χ2n) is 5.56. The van der Waals surface area contributed by atoms with E-state index in [4.69, 9.17) is 5.73 Å². The van der Waals surface area contributed by atoms with Gasteiger partial charge in [-0.1, -0.05) is 18.2 Å². The number of halogens is 1. The molecule has 1 unspecified atom stereocenters. The van der Waals surface area contributed by atoms with Gasteiger partial charge in [0.05, 0.1) is 5.56 Å². The van der Waals surface area contributed by atoms with Gasteiger partial charge in [0.1, 0.15) is 5.82 Å². The predicted octanol–water partition coefficient (Wildman–Crippen LogP) is 3.31. The fourth-order valence-corrected chi connectivity index (χ4v) is 2.96. The first-order valence-corrected chi connectivity index (χ1v) is 6.96. The van der Waals surface area contributed by atoms with E-state index in [2.05, 4.69) is 0 Å². The van der Waals surface area contributed by atoms with E-state index in [-0.39, 0.29) is 17.5 Å². The lowest BCUT2D eigenvalue weighted by atomic mass is 10.1. The number of nitrogen functional groups attached to an aromatic ring is 1. The number of nitrogens with zero attached hydrogens (tertiary/aromatic N) is 1. The number of para-hydroxylation sites is 1. The van der Waals surface area contributed by atoms with Crippen molar-refractivity contribution in [1.82, 2.24) is 0 Å². The van der Waals surface area contributed by atoms with Crippen molar-refractivity contribution < 1.29 is 9.18 Å². The largest absolute Gasteiger partial charge is 0.399 e. The van der Waals surface area contributed by atoms with Crippen LogP contribution in [0, 0.1) is 12.7 Å². The smallest absolute Gasteiger partial charge is 0.261 e. The van der Waals surface area contributed by atoms with Gasteiger partial charge in [-0.05, 0) is 49.6 Å². The molecule has 1 heterocycles. The molecule has 0 spiro atoms. The zero-order valence-corrected chi connectivity index (χ0v) is 12.1. The van der Waals surface area contributed by atoms with Crippen LogP contribution in [0.15, 0.2) is 36.4 Å². The van der Waals surface area contributed by atoms with Gasteiger partial charge in [-0.3, -0.25) is 4.79 Å². The zero-order valence-electron chi connectivity index (χ0n) is 12.1. The molecule has 1 amide bonds. The highest BCUT2D eigenvalue weighted by Crippen LogP contribution is 2.33. The Hall–Kier alpha value is -2.36. The number of hydrogen-bond acceptors (Lipinski definition) is 2. The maximum Gasteiger partial charge on any atom is 0.261 e. The first kappa shape index (κ1) is 13.6. The quantitative estimate of drug-likeness (QED) is 0.817. The number of anilines is 2. The van der Waals surface area contributed by atoms with E-state index < -0.39 is 5.82 Å². The molecule has 4 heteroatoms. The summed E-state index contributed by atoms with van der Waals surface area (Å²) in [5, 5.41) is 0. The van der Waals surface area contributed by atoms with E-state index in [1.165, 1.54) is 12.1 Å². The van der Waals surface area contributed by atoms with Gasteiger partial charge in [0.15, 0.2) is 0 Å². The topological polar surface area (TPSA) is 46.3 Å². The van der Waals surface area contributed by atoms with Gasteiger partial charge >= 0.3 is 0 Å². The lowest BCUT2D eigenvalue weighted by Gasteiger charge is -2.23. The van der Waals surface area contributed by atoms with Crippen molar-refractivity contribution in [2.45, 2.75) is 26.3 Å². The van der Waals surface area contributed by atoms with Crippen molar-refractivity contribution in [2.24, 2.45) is 0 Å². The second-order valence-corrected chi connectivity index (χ2v) is 5.56.